The summed E-state index contributed by atoms with van der Waals surface area (Å²) in [5, 5.41) is 3.22. The van der Waals surface area contributed by atoms with E-state index in [4.69, 9.17) is 9.47 Å². The number of carbonyl (C=O) groups is 1. The Hall–Kier alpha value is -2.61. The first-order valence-corrected chi connectivity index (χ1v) is 12.1. The van der Waals surface area contributed by atoms with Gasteiger partial charge in [-0.25, -0.2) is 0 Å². The van der Waals surface area contributed by atoms with Gasteiger partial charge in [0.15, 0.2) is 0 Å². The number of benzene rings is 2. The minimum Gasteiger partial charge on any atom is -0.497 e. The summed E-state index contributed by atoms with van der Waals surface area (Å²) in [6.45, 7) is 1.12. The second-order valence-electron chi connectivity index (χ2n) is 7.81. The van der Waals surface area contributed by atoms with E-state index in [-0.39, 0.29) is 18.6 Å². The van der Waals surface area contributed by atoms with E-state index in [0.29, 0.717) is 13.2 Å². The molecule has 164 valence electrons. The first kappa shape index (κ1) is 21.2. The van der Waals surface area contributed by atoms with Gasteiger partial charge in [-0.1, -0.05) is 30.3 Å². The summed E-state index contributed by atoms with van der Waals surface area (Å²) in [4.78, 5) is 19.9. The molecule has 0 radical (unpaired) electrons. The molecule has 0 saturated heterocycles. The molecule has 3 heterocycles. The average molecular weight is 511 g/mol. The van der Waals surface area contributed by atoms with Gasteiger partial charge in [-0.3, -0.25) is 4.79 Å². The number of amides is 1. The van der Waals surface area contributed by atoms with Crippen LogP contribution in [0.4, 0.5) is 0 Å². The van der Waals surface area contributed by atoms with Crippen LogP contribution in [0.25, 0.3) is 10.9 Å². The number of halogens is 1. The van der Waals surface area contributed by atoms with Gasteiger partial charge in [-0.2, -0.15) is 0 Å². The fraction of sp³-hybridized carbons (Fsp3) is 0.240. The van der Waals surface area contributed by atoms with Crippen LogP contribution in [0.2, 0.25) is 0 Å². The van der Waals surface area contributed by atoms with E-state index < -0.39 is 0 Å². The molecule has 0 spiro atoms. The third kappa shape index (κ3) is 4.08. The van der Waals surface area contributed by atoms with Crippen molar-refractivity contribution in [3.63, 3.8) is 0 Å². The van der Waals surface area contributed by atoms with Crippen molar-refractivity contribution in [2.75, 3.05) is 20.3 Å². The summed E-state index contributed by atoms with van der Waals surface area (Å²) in [5.74, 6) is 0.833. The monoisotopic (exact) mass is 510 g/mol. The Morgan fingerprint density at radius 2 is 2.06 bits per heavy atom. The van der Waals surface area contributed by atoms with Crippen LogP contribution in [0.5, 0.6) is 5.75 Å². The van der Waals surface area contributed by atoms with Crippen LogP contribution in [0.1, 0.15) is 27.7 Å². The minimum absolute atomic E-state index is 0.00246. The number of H-pyrrole nitrogens is 1. The highest BCUT2D eigenvalue weighted by Gasteiger charge is 2.35. The summed E-state index contributed by atoms with van der Waals surface area (Å²) in [7, 11) is 1.68. The molecule has 5 nitrogen and oxygen atoms in total. The predicted octanol–water partition coefficient (Wildman–Crippen LogP) is 5.69. The number of ether oxygens (including phenoxy) is 2. The van der Waals surface area contributed by atoms with Crippen molar-refractivity contribution in [1.29, 1.82) is 0 Å². The van der Waals surface area contributed by atoms with Gasteiger partial charge >= 0.3 is 0 Å². The lowest BCUT2D eigenvalue weighted by Gasteiger charge is -2.35. The SMILES string of the molecule is COc1ccc2[nH]c3c(c2c1)CCN(C(=O)COCc1ccccc1)C3c1cc(Br)cs1. The van der Waals surface area contributed by atoms with Gasteiger partial charge in [-0.15, -0.1) is 11.3 Å². The van der Waals surface area contributed by atoms with Crippen molar-refractivity contribution in [2.45, 2.75) is 19.1 Å². The van der Waals surface area contributed by atoms with Gasteiger partial charge in [0.1, 0.15) is 18.4 Å². The molecular weight excluding hydrogens is 488 g/mol. The van der Waals surface area contributed by atoms with Crippen LogP contribution in [0.3, 0.4) is 0 Å². The zero-order valence-corrected chi connectivity index (χ0v) is 20.0. The molecule has 7 heteroatoms. The van der Waals surface area contributed by atoms with E-state index in [1.54, 1.807) is 18.4 Å². The van der Waals surface area contributed by atoms with Crippen molar-refractivity contribution in [1.82, 2.24) is 9.88 Å². The van der Waals surface area contributed by atoms with Crippen LogP contribution in [0.15, 0.2) is 64.5 Å². The van der Waals surface area contributed by atoms with Crippen molar-refractivity contribution in [3.8, 4) is 5.75 Å². The van der Waals surface area contributed by atoms with Crippen LogP contribution in [-0.4, -0.2) is 36.1 Å². The number of aromatic nitrogens is 1. The lowest BCUT2D eigenvalue weighted by Crippen LogP contribution is -2.42. The van der Waals surface area contributed by atoms with Crippen molar-refractivity contribution >= 4 is 44.1 Å². The molecule has 32 heavy (non-hydrogen) atoms. The third-order valence-corrected chi connectivity index (χ3v) is 7.59. The standard InChI is InChI=1S/C25H23BrN2O3S/c1-30-18-7-8-21-20(12-18)19-9-10-28(23(29)14-31-13-16-5-3-2-4-6-16)25(24(19)27-21)22-11-17(26)15-32-22/h2-8,11-12,15,25,27H,9-10,13-14H2,1H3. The van der Waals surface area contributed by atoms with Gasteiger partial charge in [0.2, 0.25) is 5.91 Å². The first-order chi connectivity index (χ1) is 15.6. The molecule has 1 N–H and O–H groups in total. The summed E-state index contributed by atoms with van der Waals surface area (Å²) in [5.41, 5.74) is 4.45. The summed E-state index contributed by atoms with van der Waals surface area (Å²) >= 11 is 5.23. The number of thiophene rings is 1. The topological polar surface area (TPSA) is 54.6 Å². The quantitative estimate of drug-likeness (QED) is 0.362. The molecule has 1 atom stereocenters. The molecule has 5 rings (SSSR count). The Kier molecular flexibility index (Phi) is 6.04. The lowest BCUT2D eigenvalue weighted by molar-refractivity contribution is -0.138. The number of methoxy groups -OCH3 is 1. The highest BCUT2D eigenvalue weighted by atomic mass is 79.9. The maximum absolute atomic E-state index is 13.3. The number of hydrogen-bond donors (Lipinski definition) is 1. The van der Waals surface area contributed by atoms with Gasteiger partial charge < -0.3 is 19.4 Å². The molecule has 4 aromatic rings. The molecular formula is C25H23BrN2O3S. The second-order valence-corrected chi connectivity index (χ2v) is 9.67. The Morgan fingerprint density at radius 1 is 1.22 bits per heavy atom. The summed E-state index contributed by atoms with van der Waals surface area (Å²) in [6.07, 6.45) is 0.788. The van der Waals surface area contributed by atoms with Crippen LogP contribution in [0, 0.1) is 0 Å². The Labute approximate surface area is 199 Å². The van der Waals surface area contributed by atoms with Gasteiger partial charge in [-0.05, 0) is 57.7 Å². The molecule has 1 unspecified atom stereocenters. The molecule has 1 amide bonds. The minimum atomic E-state index is -0.165. The van der Waals surface area contributed by atoms with E-state index in [0.717, 1.165) is 43.7 Å². The molecule has 1 aliphatic heterocycles. The number of carbonyl (C=O) groups excluding carboxylic acids is 1. The fourth-order valence-corrected chi connectivity index (χ4v) is 5.91. The Bertz CT molecular complexity index is 1250. The largest absolute Gasteiger partial charge is 0.497 e. The molecule has 0 aliphatic carbocycles. The Balaban J connectivity index is 1.45. The van der Waals surface area contributed by atoms with Crippen LogP contribution in [-0.2, 0) is 22.6 Å². The second kappa shape index (κ2) is 9.10. The molecule has 0 bridgehead atoms. The van der Waals surface area contributed by atoms with Crippen LogP contribution >= 0.6 is 27.3 Å². The zero-order valence-electron chi connectivity index (χ0n) is 17.6. The third-order valence-electron chi connectivity index (χ3n) is 5.85. The summed E-state index contributed by atoms with van der Waals surface area (Å²) < 4.78 is 12.2. The summed E-state index contributed by atoms with van der Waals surface area (Å²) in [6, 6.07) is 17.9. The molecule has 2 aromatic heterocycles. The molecule has 2 aromatic carbocycles. The number of rotatable bonds is 6. The first-order valence-electron chi connectivity index (χ1n) is 10.5. The average Bonchev–Trinajstić information content (AvgIpc) is 3.41. The van der Waals surface area contributed by atoms with Gasteiger partial charge in [0, 0.05) is 37.9 Å². The smallest absolute Gasteiger partial charge is 0.249 e. The van der Waals surface area contributed by atoms with Crippen molar-refractivity contribution in [2.24, 2.45) is 0 Å². The van der Waals surface area contributed by atoms with E-state index in [9.17, 15) is 4.79 Å². The number of nitrogens with zero attached hydrogens (tertiary/aromatic N) is 1. The van der Waals surface area contributed by atoms with E-state index >= 15 is 0 Å². The Morgan fingerprint density at radius 3 is 2.81 bits per heavy atom. The maximum Gasteiger partial charge on any atom is 0.249 e. The van der Waals surface area contributed by atoms with Crippen molar-refractivity contribution < 1.29 is 14.3 Å². The fourth-order valence-electron chi connectivity index (χ4n) is 4.34. The lowest BCUT2D eigenvalue weighted by atomic mass is 9.96. The van der Waals surface area contributed by atoms with E-state index in [1.165, 1.54) is 5.56 Å². The van der Waals surface area contributed by atoms with Gasteiger partial charge in [0.05, 0.1) is 13.7 Å². The normalized spacial score (nSPS) is 15.7. The number of nitrogens with one attached hydrogen (secondary N) is 1. The molecule has 0 fully saturated rings. The highest BCUT2D eigenvalue weighted by molar-refractivity contribution is 9.10. The molecule has 1 aliphatic rings. The number of hydrogen-bond acceptors (Lipinski definition) is 4. The van der Waals surface area contributed by atoms with E-state index in [2.05, 4.69) is 38.4 Å². The van der Waals surface area contributed by atoms with Gasteiger partial charge in [0.25, 0.3) is 0 Å². The van der Waals surface area contributed by atoms with Crippen LogP contribution < -0.4 is 4.74 Å². The van der Waals surface area contributed by atoms with E-state index in [1.807, 2.05) is 47.4 Å². The predicted molar refractivity (Wildman–Crippen MR) is 130 cm³/mol. The number of fused-ring (bicyclic) bond motifs is 3. The number of aromatic amines is 1. The highest BCUT2D eigenvalue weighted by Crippen LogP contribution is 2.41. The zero-order chi connectivity index (χ0) is 22.1. The maximum atomic E-state index is 13.3. The van der Waals surface area contributed by atoms with Crippen molar-refractivity contribution in [3.05, 3.63) is 86.1 Å². The molecule has 0 saturated carbocycles.